The second-order valence-corrected chi connectivity index (χ2v) is 3.64. The number of aromatic nitrogens is 1. The highest BCUT2D eigenvalue weighted by Gasteiger charge is 2.05. The van der Waals surface area contributed by atoms with Crippen LogP contribution in [0.3, 0.4) is 0 Å². The molecule has 16 heavy (non-hydrogen) atoms. The Hall–Kier alpha value is -1.77. The molecule has 3 nitrogen and oxygen atoms in total. The Labute approximate surface area is 95.5 Å². The Balaban J connectivity index is 2.51. The van der Waals surface area contributed by atoms with Gasteiger partial charge in [-0.25, -0.2) is 0 Å². The largest absolute Gasteiger partial charge is 0.494 e. The Morgan fingerprint density at radius 3 is 2.94 bits per heavy atom. The lowest BCUT2D eigenvalue weighted by Crippen LogP contribution is -2.00. The van der Waals surface area contributed by atoms with Gasteiger partial charge in [0.15, 0.2) is 0 Å². The van der Waals surface area contributed by atoms with E-state index < -0.39 is 0 Å². The molecule has 1 aromatic heterocycles. The molecule has 0 spiro atoms. The number of nitrogens with one attached hydrogen (secondary N) is 1. The number of pyridine rings is 1. The van der Waals surface area contributed by atoms with Crippen LogP contribution in [0.25, 0.3) is 10.9 Å². The quantitative estimate of drug-likeness (QED) is 0.852. The smallest absolute Gasteiger partial charge is 0.145 e. The molecule has 84 valence electrons. The van der Waals surface area contributed by atoms with Crippen molar-refractivity contribution in [2.45, 2.75) is 13.3 Å². The minimum Gasteiger partial charge on any atom is -0.494 e. The van der Waals surface area contributed by atoms with Crippen LogP contribution in [0.5, 0.6) is 5.75 Å². The molecule has 2 rings (SSSR count). The van der Waals surface area contributed by atoms with Gasteiger partial charge in [-0.05, 0) is 18.6 Å². The molecule has 0 aliphatic heterocycles. The average Bonchev–Trinajstić information content (AvgIpc) is 2.35. The van der Waals surface area contributed by atoms with Crippen LogP contribution in [-0.2, 0) is 0 Å². The molecule has 0 bridgehead atoms. The zero-order chi connectivity index (χ0) is 11.4. The molecule has 3 heteroatoms. The van der Waals surface area contributed by atoms with Gasteiger partial charge in [-0.1, -0.05) is 19.1 Å². The predicted molar refractivity (Wildman–Crippen MR) is 67.1 cm³/mol. The number of benzene rings is 1. The molecule has 2 aromatic rings. The molecule has 0 saturated heterocycles. The minimum absolute atomic E-state index is 0.817. The molecule has 0 atom stereocenters. The van der Waals surface area contributed by atoms with E-state index in [2.05, 4.69) is 23.3 Å². The van der Waals surface area contributed by atoms with E-state index in [0.717, 1.165) is 35.3 Å². The number of ether oxygens (including phenoxy) is 1. The molecule has 0 fully saturated rings. The summed E-state index contributed by atoms with van der Waals surface area (Å²) in [4.78, 5) is 4.36. The summed E-state index contributed by atoms with van der Waals surface area (Å²) in [6.07, 6.45) is 2.91. The Kier molecular flexibility index (Phi) is 3.25. The number of hydrogen-bond donors (Lipinski definition) is 1. The van der Waals surface area contributed by atoms with Crippen molar-refractivity contribution in [1.29, 1.82) is 0 Å². The lowest BCUT2D eigenvalue weighted by Gasteiger charge is -2.10. The van der Waals surface area contributed by atoms with Gasteiger partial charge in [-0.3, -0.25) is 4.98 Å². The summed E-state index contributed by atoms with van der Waals surface area (Å²) < 4.78 is 5.30. The maximum atomic E-state index is 5.30. The van der Waals surface area contributed by atoms with Crippen LogP contribution in [0, 0.1) is 0 Å². The number of fused-ring (bicyclic) bond motifs is 1. The Bertz CT molecular complexity index is 482. The zero-order valence-corrected chi connectivity index (χ0v) is 9.66. The van der Waals surface area contributed by atoms with Gasteiger partial charge >= 0.3 is 0 Å². The number of nitrogens with zero attached hydrogens (tertiary/aromatic N) is 1. The van der Waals surface area contributed by atoms with Crippen LogP contribution in [0.4, 0.5) is 5.69 Å². The van der Waals surface area contributed by atoms with Crippen LogP contribution in [0.2, 0.25) is 0 Å². The van der Waals surface area contributed by atoms with Gasteiger partial charge in [0.25, 0.3) is 0 Å². The second kappa shape index (κ2) is 4.84. The van der Waals surface area contributed by atoms with Crippen molar-refractivity contribution in [3.63, 3.8) is 0 Å². The second-order valence-electron chi connectivity index (χ2n) is 3.64. The molecule has 1 N–H and O–H groups in total. The van der Waals surface area contributed by atoms with Crippen LogP contribution in [-0.4, -0.2) is 18.6 Å². The van der Waals surface area contributed by atoms with Gasteiger partial charge in [0.2, 0.25) is 0 Å². The monoisotopic (exact) mass is 216 g/mol. The van der Waals surface area contributed by atoms with Gasteiger partial charge in [0.1, 0.15) is 11.3 Å². The summed E-state index contributed by atoms with van der Waals surface area (Å²) in [7, 11) is 1.67. The summed E-state index contributed by atoms with van der Waals surface area (Å²) in [6.45, 7) is 3.12. The van der Waals surface area contributed by atoms with Crippen molar-refractivity contribution in [3.05, 3.63) is 30.5 Å². The van der Waals surface area contributed by atoms with E-state index in [-0.39, 0.29) is 0 Å². The van der Waals surface area contributed by atoms with Crippen molar-refractivity contribution in [3.8, 4) is 5.75 Å². The fraction of sp³-hybridized carbons (Fsp3) is 0.308. The molecule has 1 heterocycles. The highest BCUT2D eigenvalue weighted by molar-refractivity contribution is 5.94. The van der Waals surface area contributed by atoms with Crippen molar-refractivity contribution < 1.29 is 4.74 Å². The summed E-state index contributed by atoms with van der Waals surface area (Å²) >= 11 is 0. The molecular weight excluding hydrogens is 200 g/mol. The maximum absolute atomic E-state index is 5.30. The molecule has 0 saturated carbocycles. The van der Waals surface area contributed by atoms with Gasteiger partial charge in [-0.15, -0.1) is 0 Å². The van der Waals surface area contributed by atoms with E-state index in [1.54, 1.807) is 7.11 Å². The average molecular weight is 216 g/mol. The third kappa shape index (κ3) is 1.94. The molecule has 0 aliphatic rings. The normalized spacial score (nSPS) is 10.4. The third-order valence-electron chi connectivity index (χ3n) is 2.52. The van der Waals surface area contributed by atoms with E-state index in [0.29, 0.717) is 0 Å². The standard InChI is InChI=1S/C13H16N2O/c1-3-8-14-11-7-9-15-13-10(11)5-4-6-12(13)16-2/h4-7,9H,3,8H2,1-2H3,(H,14,15). The number of hydrogen-bond acceptors (Lipinski definition) is 3. The highest BCUT2D eigenvalue weighted by atomic mass is 16.5. The van der Waals surface area contributed by atoms with Crippen molar-refractivity contribution in [2.75, 3.05) is 19.0 Å². The molecule has 0 aliphatic carbocycles. The molecule has 0 amide bonds. The Morgan fingerprint density at radius 1 is 1.31 bits per heavy atom. The first kappa shape index (κ1) is 10.7. The van der Waals surface area contributed by atoms with E-state index in [1.807, 2.05) is 24.4 Å². The molecule has 1 aromatic carbocycles. The van der Waals surface area contributed by atoms with Gasteiger partial charge in [0.05, 0.1) is 7.11 Å². The molecule has 0 unspecified atom stereocenters. The topological polar surface area (TPSA) is 34.2 Å². The summed E-state index contributed by atoms with van der Waals surface area (Å²) in [5.41, 5.74) is 2.02. The molecule has 0 radical (unpaired) electrons. The summed E-state index contributed by atoms with van der Waals surface area (Å²) in [5.74, 6) is 0.817. The van der Waals surface area contributed by atoms with Gasteiger partial charge in [-0.2, -0.15) is 0 Å². The third-order valence-corrected chi connectivity index (χ3v) is 2.52. The highest BCUT2D eigenvalue weighted by Crippen LogP contribution is 2.28. The first-order valence-corrected chi connectivity index (χ1v) is 5.52. The summed E-state index contributed by atoms with van der Waals surface area (Å²) in [6, 6.07) is 7.97. The predicted octanol–water partition coefficient (Wildman–Crippen LogP) is 3.07. The summed E-state index contributed by atoms with van der Waals surface area (Å²) in [5, 5.41) is 4.50. The van der Waals surface area contributed by atoms with Gasteiger partial charge in [0, 0.05) is 23.8 Å². The van der Waals surface area contributed by atoms with E-state index >= 15 is 0 Å². The first-order valence-electron chi connectivity index (χ1n) is 5.52. The van der Waals surface area contributed by atoms with E-state index in [9.17, 15) is 0 Å². The van der Waals surface area contributed by atoms with Crippen LogP contribution < -0.4 is 10.1 Å². The fourth-order valence-corrected chi connectivity index (χ4v) is 1.73. The lowest BCUT2D eigenvalue weighted by atomic mass is 10.1. The zero-order valence-electron chi connectivity index (χ0n) is 9.66. The van der Waals surface area contributed by atoms with E-state index in [1.165, 1.54) is 0 Å². The number of para-hydroxylation sites is 1. The van der Waals surface area contributed by atoms with E-state index in [4.69, 9.17) is 4.74 Å². The Morgan fingerprint density at radius 2 is 2.19 bits per heavy atom. The molecular formula is C13H16N2O. The van der Waals surface area contributed by atoms with Crippen molar-refractivity contribution >= 4 is 16.6 Å². The van der Waals surface area contributed by atoms with Gasteiger partial charge < -0.3 is 10.1 Å². The first-order chi connectivity index (χ1) is 7.86. The van der Waals surface area contributed by atoms with Crippen LogP contribution >= 0.6 is 0 Å². The number of methoxy groups -OCH3 is 1. The van der Waals surface area contributed by atoms with Crippen molar-refractivity contribution in [1.82, 2.24) is 4.98 Å². The maximum Gasteiger partial charge on any atom is 0.145 e. The minimum atomic E-state index is 0.817. The SMILES string of the molecule is CCCNc1ccnc2c(OC)cccc12. The number of anilines is 1. The number of rotatable bonds is 4. The van der Waals surface area contributed by atoms with Crippen LogP contribution in [0.1, 0.15) is 13.3 Å². The van der Waals surface area contributed by atoms with Crippen molar-refractivity contribution in [2.24, 2.45) is 0 Å². The van der Waals surface area contributed by atoms with Crippen LogP contribution in [0.15, 0.2) is 30.5 Å². The lowest BCUT2D eigenvalue weighted by molar-refractivity contribution is 0.419. The fourth-order valence-electron chi connectivity index (χ4n) is 1.73.